The molecule has 1 aliphatic heterocycles. The zero-order valence-corrected chi connectivity index (χ0v) is 12.6. The highest BCUT2D eigenvalue weighted by Crippen LogP contribution is 2.22. The molecular formula is C13H22N2O4S. The molecule has 6 nitrogen and oxygen atoms in total. The van der Waals surface area contributed by atoms with E-state index in [-0.39, 0.29) is 19.1 Å². The first-order valence-corrected chi connectivity index (χ1v) is 8.36. The molecule has 114 valence electrons. The fourth-order valence-electron chi connectivity index (χ4n) is 2.48. The Balaban J connectivity index is 2.10. The number of hydrogen-bond acceptors (Lipinski definition) is 4. The van der Waals surface area contributed by atoms with Crippen molar-refractivity contribution in [1.82, 2.24) is 8.61 Å². The van der Waals surface area contributed by atoms with Crippen LogP contribution in [-0.4, -0.2) is 48.4 Å². The van der Waals surface area contributed by atoms with Crippen LogP contribution in [0.15, 0.2) is 22.8 Å². The third-order valence-corrected chi connectivity index (χ3v) is 5.68. The van der Waals surface area contributed by atoms with Gasteiger partial charge in [0.1, 0.15) is 5.76 Å². The largest absolute Gasteiger partial charge is 0.468 e. The second-order valence-corrected chi connectivity index (χ2v) is 6.99. The summed E-state index contributed by atoms with van der Waals surface area (Å²) < 4.78 is 33.4. The molecule has 20 heavy (non-hydrogen) atoms. The molecule has 0 amide bonds. The van der Waals surface area contributed by atoms with Crippen molar-refractivity contribution in [1.29, 1.82) is 0 Å². The summed E-state index contributed by atoms with van der Waals surface area (Å²) in [6.45, 7) is 3.40. The molecule has 2 heterocycles. The van der Waals surface area contributed by atoms with E-state index in [4.69, 9.17) is 4.42 Å². The minimum absolute atomic E-state index is 0.0380. The van der Waals surface area contributed by atoms with Crippen LogP contribution >= 0.6 is 0 Å². The molecule has 0 spiro atoms. The van der Waals surface area contributed by atoms with E-state index >= 15 is 0 Å². The molecule has 1 atom stereocenters. The Morgan fingerprint density at radius 1 is 1.55 bits per heavy atom. The lowest BCUT2D eigenvalue weighted by Crippen LogP contribution is -2.48. The van der Waals surface area contributed by atoms with Crippen LogP contribution in [0.4, 0.5) is 0 Å². The maximum Gasteiger partial charge on any atom is 0.282 e. The maximum atomic E-state index is 12.6. The molecule has 0 aliphatic carbocycles. The van der Waals surface area contributed by atoms with Gasteiger partial charge in [-0.25, -0.2) is 0 Å². The Morgan fingerprint density at radius 3 is 2.95 bits per heavy atom. The van der Waals surface area contributed by atoms with E-state index in [1.807, 2.05) is 6.92 Å². The van der Waals surface area contributed by atoms with Crippen molar-refractivity contribution in [3.63, 3.8) is 0 Å². The van der Waals surface area contributed by atoms with Gasteiger partial charge in [-0.3, -0.25) is 0 Å². The first-order chi connectivity index (χ1) is 9.57. The van der Waals surface area contributed by atoms with Gasteiger partial charge in [-0.1, -0.05) is 6.92 Å². The number of furan rings is 1. The van der Waals surface area contributed by atoms with E-state index in [1.165, 1.54) is 8.61 Å². The van der Waals surface area contributed by atoms with E-state index in [0.717, 1.165) is 12.8 Å². The van der Waals surface area contributed by atoms with Crippen LogP contribution in [0.25, 0.3) is 0 Å². The van der Waals surface area contributed by atoms with Crippen molar-refractivity contribution in [3.8, 4) is 0 Å². The number of nitrogens with zero attached hydrogens (tertiary/aromatic N) is 2. The van der Waals surface area contributed by atoms with Crippen molar-refractivity contribution in [2.24, 2.45) is 5.92 Å². The summed E-state index contributed by atoms with van der Waals surface area (Å²) in [5, 5.41) is 9.23. The molecule has 1 aromatic rings. The predicted octanol–water partition coefficient (Wildman–Crippen LogP) is 1.05. The molecule has 0 bridgehead atoms. The van der Waals surface area contributed by atoms with Crippen LogP contribution in [0.2, 0.25) is 0 Å². The lowest BCUT2D eigenvalue weighted by molar-refractivity contribution is 0.160. The minimum atomic E-state index is -3.50. The highest BCUT2D eigenvalue weighted by Gasteiger charge is 2.33. The van der Waals surface area contributed by atoms with Gasteiger partial charge < -0.3 is 9.52 Å². The highest BCUT2D eigenvalue weighted by atomic mass is 32.2. The van der Waals surface area contributed by atoms with Crippen LogP contribution in [0, 0.1) is 5.92 Å². The number of rotatable bonds is 6. The van der Waals surface area contributed by atoms with Gasteiger partial charge in [0.15, 0.2) is 0 Å². The Labute approximate surface area is 120 Å². The Bertz CT molecular complexity index is 500. The van der Waals surface area contributed by atoms with E-state index in [0.29, 0.717) is 25.4 Å². The molecule has 1 aliphatic rings. The van der Waals surface area contributed by atoms with Gasteiger partial charge >= 0.3 is 0 Å². The number of hydrogen-bond donors (Lipinski definition) is 1. The van der Waals surface area contributed by atoms with Crippen LogP contribution in [0.3, 0.4) is 0 Å². The van der Waals surface area contributed by atoms with Crippen LogP contribution in [0.1, 0.15) is 25.5 Å². The molecule has 0 radical (unpaired) electrons. The molecule has 7 heteroatoms. The van der Waals surface area contributed by atoms with E-state index in [1.54, 1.807) is 18.4 Å². The Morgan fingerprint density at radius 2 is 2.35 bits per heavy atom. The lowest BCUT2D eigenvalue weighted by Gasteiger charge is -2.34. The normalized spacial score (nSPS) is 21.4. The second-order valence-electron chi connectivity index (χ2n) is 5.06. The first kappa shape index (κ1) is 15.5. The third kappa shape index (κ3) is 3.41. The van der Waals surface area contributed by atoms with Crippen molar-refractivity contribution < 1.29 is 17.9 Å². The fraction of sp³-hybridized carbons (Fsp3) is 0.692. The molecule has 1 saturated heterocycles. The number of piperidine rings is 1. The number of aliphatic hydroxyl groups excluding tert-OH is 1. The van der Waals surface area contributed by atoms with Gasteiger partial charge in [-0.05, 0) is 30.9 Å². The van der Waals surface area contributed by atoms with Crippen molar-refractivity contribution in [2.75, 3.05) is 26.2 Å². The molecule has 1 unspecified atom stereocenters. The third-order valence-electron chi connectivity index (χ3n) is 3.66. The second kappa shape index (κ2) is 6.71. The SMILES string of the molecule is CCN(Cc1ccco1)S(=O)(=O)N1CCCC(CO)C1. The van der Waals surface area contributed by atoms with Gasteiger partial charge in [0, 0.05) is 26.2 Å². The molecule has 0 aromatic carbocycles. The van der Waals surface area contributed by atoms with Gasteiger partial charge in [-0.2, -0.15) is 17.0 Å². The summed E-state index contributed by atoms with van der Waals surface area (Å²) in [6.07, 6.45) is 3.22. The summed E-state index contributed by atoms with van der Waals surface area (Å²) in [5.74, 6) is 0.673. The summed E-state index contributed by atoms with van der Waals surface area (Å²) >= 11 is 0. The first-order valence-electron chi connectivity index (χ1n) is 6.96. The van der Waals surface area contributed by atoms with E-state index < -0.39 is 10.2 Å². The Hall–Kier alpha value is -0.890. The summed E-state index contributed by atoms with van der Waals surface area (Å²) in [7, 11) is -3.50. The molecule has 1 aromatic heterocycles. The average molecular weight is 302 g/mol. The molecule has 0 saturated carbocycles. The van der Waals surface area contributed by atoms with Gasteiger partial charge in [0.2, 0.25) is 0 Å². The standard InChI is InChI=1S/C13H22N2O4S/c1-2-14(10-13-6-4-8-19-13)20(17,18)15-7-3-5-12(9-15)11-16/h4,6,8,12,16H,2-3,5,7,9-11H2,1H3. The maximum absolute atomic E-state index is 12.6. The van der Waals surface area contributed by atoms with Crippen LogP contribution in [0.5, 0.6) is 0 Å². The minimum Gasteiger partial charge on any atom is -0.468 e. The lowest BCUT2D eigenvalue weighted by atomic mass is 10.0. The zero-order valence-electron chi connectivity index (χ0n) is 11.7. The number of aliphatic hydroxyl groups is 1. The molecule has 2 rings (SSSR count). The van der Waals surface area contributed by atoms with E-state index in [9.17, 15) is 13.5 Å². The monoisotopic (exact) mass is 302 g/mol. The summed E-state index contributed by atoms with van der Waals surface area (Å²) in [6, 6.07) is 3.52. The summed E-state index contributed by atoms with van der Waals surface area (Å²) in [5.41, 5.74) is 0. The van der Waals surface area contributed by atoms with Crippen molar-refractivity contribution in [3.05, 3.63) is 24.2 Å². The Kier molecular flexibility index (Phi) is 5.20. The van der Waals surface area contributed by atoms with Crippen molar-refractivity contribution >= 4 is 10.2 Å². The van der Waals surface area contributed by atoms with Crippen LogP contribution < -0.4 is 0 Å². The average Bonchev–Trinajstić information content (AvgIpc) is 2.97. The van der Waals surface area contributed by atoms with Crippen LogP contribution in [-0.2, 0) is 16.8 Å². The predicted molar refractivity (Wildman–Crippen MR) is 75.1 cm³/mol. The van der Waals surface area contributed by atoms with Gasteiger partial charge in [-0.15, -0.1) is 0 Å². The van der Waals surface area contributed by atoms with E-state index in [2.05, 4.69) is 0 Å². The zero-order chi connectivity index (χ0) is 14.6. The summed E-state index contributed by atoms with van der Waals surface area (Å²) in [4.78, 5) is 0. The van der Waals surface area contributed by atoms with Crippen molar-refractivity contribution in [2.45, 2.75) is 26.3 Å². The smallest absolute Gasteiger partial charge is 0.282 e. The highest BCUT2D eigenvalue weighted by molar-refractivity contribution is 7.86. The van der Waals surface area contributed by atoms with Gasteiger partial charge in [0.25, 0.3) is 10.2 Å². The molecule has 1 fully saturated rings. The fourth-order valence-corrected chi connectivity index (χ4v) is 4.18. The van der Waals surface area contributed by atoms with Gasteiger partial charge in [0.05, 0.1) is 12.8 Å². The molecule has 1 N–H and O–H groups in total. The quantitative estimate of drug-likeness (QED) is 0.852. The molecular weight excluding hydrogens is 280 g/mol. The topological polar surface area (TPSA) is 74.0 Å².